The Labute approximate surface area is 127 Å². The fraction of sp³-hybridized carbons (Fsp3) is 0.364. The number of hydrogen-bond acceptors (Lipinski definition) is 3. The van der Waals surface area contributed by atoms with Crippen LogP contribution in [-0.4, -0.2) is 20.0 Å². The van der Waals surface area contributed by atoms with Crippen LogP contribution in [0.15, 0.2) is 22.7 Å². The first kappa shape index (κ1) is 16.4. The first-order chi connectivity index (χ1) is 8.71. The molecule has 8 heteroatoms. The Morgan fingerprint density at radius 2 is 2.11 bits per heavy atom. The highest BCUT2D eigenvalue weighted by molar-refractivity contribution is 9.10. The summed E-state index contributed by atoms with van der Waals surface area (Å²) in [5, 5.41) is 0. The van der Waals surface area contributed by atoms with E-state index < -0.39 is 10.2 Å². The Hall–Kier alpha value is -0.700. The van der Waals surface area contributed by atoms with Crippen LogP contribution < -0.4 is 15.2 Å². The monoisotopic (exact) mass is 365 g/mol. The number of rotatable bonds is 6. The molecule has 1 aromatic carbocycles. The van der Waals surface area contributed by atoms with E-state index in [4.69, 9.17) is 18.0 Å². The average molecular weight is 366 g/mol. The summed E-state index contributed by atoms with van der Waals surface area (Å²) < 4.78 is 29.4. The molecule has 0 atom stereocenters. The molecule has 0 radical (unpaired) electrons. The van der Waals surface area contributed by atoms with E-state index in [9.17, 15) is 8.42 Å². The van der Waals surface area contributed by atoms with E-state index in [0.717, 1.165) is 4.47 Å². The maximum absolute atomic E-state index is 11.9. The van der Waals surface area contributed by atoms with E-state index in [2.05, 4.69) is 25.4 Å². The zero-order valence-corrected chi connectivity index (χ0v) is 13.8. The summed E-state index contributed by atoms with van der Waals surface area (Å²) in [6, 6.07) is 5.02. The zero-order chi connectivity index (χ0) is 14.6. The molecule has 0 heterocycles. The molecule has 0 aliphatic carbocycles. The Bertz CT molecular complexity index is 573. The van der Waals surface area contributed by atoms with Crippen molar-refractivity contribution in [1.29, 1.82) is 0 Å². The Morgan fingerprint density at radius 1 is 1.47 bits per heavy atom. The molecule has 1 rings (SSSR count). The highest BCUT2D eigenvalue weighted by Crippen LogP contribution is 2.22. The van der Waals surface area contributed by atoms with Gasteiger partial charge in [-0.15, -0.1) is 0 Å². The number of nitrogens with two attached hydrogens (primary N) is 1. The van der Waals surface area contributed by atoms with Crippen LogP contribution in [0.5, 0.6) is 0 Å². The molecular formula is C11H16BrN3O2S2. The molecule has 0 fully saturated rings. The van der Waals surface area contributed by atoms with Crippen molar-refractivity contribution in [3.8, 4) is 0 Å². The van der Waals surface area contributed by atoms with Crippen molar-refractivity contribution >= 4 is 49.0 Å². The van der Waals surface area contributed by atoms with E-state index in [1.165, 1.54) is 0 Å². The normalized spacial score (nSPS) is 11.6. The van der Waals surface area contributed by atoms with Crippen molar-refractivity contribution < 1.29 is 8.42 Å². The van der Waals surface area contributed by atoms with Gasteiger partial charge < -0.3 is 5.73 Å². The fourth-order valence-corrected chi connectivity index (χ4v) is 2.90. The van der Waals surface area contributed by atoms with Gasteiger partial charge in [0.2, 0.25) is 0 Å². The van der Waals surface area contributed by atoms with E-state index in [1.807, 2.05) is 13.8 Å². The summed E-state index contributed by atoms with van der Waals surface area (Å²) in [5.41, 5.74) is 6.39. The molecule has 19 heavy (non-hydrogen) atoms. The summed E-state index contributed by atoms with van der Waals surface area (Å²) in [6.45, 7) is 4.19. The third-order valence-corrected chi connectivity index (χ3v) is 3.92. The molecule has 0 aromatic heterocycles. The minimum absolute atomic E-state index is 0.133. The van der Waals surface area contributed by atoms with Gasteiger partial charge in [-0.05, 0) is 24.1 Å². The minimum Gasteiger partial charge on any atom is -0.389 e. The van der Waals surface area contributed by atoms with Crippen molar-refractivity contribution in [2.75, 3.05) is 11.3 Å². The van der Waals surface area contributed by atoms with E-state index in [-0.39, 0.29) is 10.9 Å². The summed E-state index contributed by atoms with van der Waals surface area (Å²) in [6.07, 6.45) is 0. The zero-order valence-electron chi connectivity index (χ0n) is 10.6. The third-order valence-electron chi connectivity index (χ3n) is 2.17. The summed E-state index contributed by atoms with van der Waals surface area (Å²) >= 11 is 8.17. The predicted molar refractivity (Wildman–Crippen MR) is 85.4 cm³/mol. The second-order valence-electron chi connectivity index (χ2n) is 4.40. The maximum atomic E-state index is 11.9. The van der Waals surface area contributed by atoms with E-state index in [0.29, 0.717) is 17.8 Å². The summed E-state index contributed by atoms with van der Waals surface area (Å²) in [7, 11) is -3.64. The number of halogens is 1. The number of nitrogens with one attached hydrogen (secondary N) is 2. The smallest absolute Gasteiger partial charge is 0.299 e. The largest absolute Gasteiger partial charge is 0.389 e. The quantitative estimate of drug-likeness (QED) is 0.673. The Kier molecular flexibility index (Phi) is 5.72. The molecule has 5 nitrogen and oxygen atoms in total. The minimum atomic E-state index is -3.64. The van der Waals surface area contributed by atoms with Gasteiger partial charge in [-0.25, -0.2) is 0 Å². The molecule has 0 unspecified atom stereocenters. The van der Waals surface area contributed by atoms with Crippen molar-refractivity contribution in [3.63, 3.8) is 0 Å². The molecule has 0 saturated carbocycles. The van der Waals surface area contributed by atoms with Gasteiger partial charge in [0.1, 0.15) is 4.99 Å². The van der Waals surface area contributed by atoms with Crippen molar-refractivity contribution in [2.45, 2.75) is 13.8 Å². The molecule has 106 valence electrons. The second kappa shape index (κ2) is 6.65. The fourth-order valence-electron chi connectivity index (χ4n) is 1.27. The molecule has 0 aliphatic rings. The Morgan fingerprint density at radius 3 is 2.63 bits per heavy atom. The Balaban J connectivity index is 2.98. The molecule has 0 bridgehead atoms. The molecular weight excluding hydrogens is 350 g/mol. The number of anilines is 1. The van der Waals surface area contributed by atoms with Gasteiger partial charge in [-0.3, -0.25) is 4.72 Å². The molecule has 1 aromatic rings. The average Bonchev–Trinajstić information content (AvgIpc) is 2.25. The molecule has 0 amide bonds. The standard InChI is InChI=1S/C11H16BrN3O2S2/c1-7(2)6-14-19(16,17)15-10-5-8(12)3-4-9(10)11(13)18/h3-5,7,14-15H,6H2,1-2H3,(H2,13,18). The summed E-state index contributed by atoms with van der Waals surface area (Å²) in [4.78, 5) is 0.133. The molecule has 0 spiro atoms. The first-order valence-corrected chi connectivity index (χ1v) is 8.26. The van der Waals surface area contributed by atoms with Gasteiger partial charge in [-0.1, -0.05) is 42.0 Å². The number of hydrogen-bond donors (Lipinski definition) is 3. The van der Waals surface area contributed by atoms with Gasteiger partial charge in [0.15, 0.2) is 0 Å². The first-order valence-electron chi connectivity index (χ1n) is 5.58. The topological polar surface area (TPSA) is 84.2 Å². The van der Waals surface area contributed by atoms with Crippen LogP contribution in [-0.2, 0) is 10.2 Å². The summed E-state index contributed by atoms with van der Waals surface area (Å²) in [5.74, 6) is 0.217. The maximum Gasteiger partial charge on any atom is 0.299 e. The van der Waals surface area contributed by atoms with Gasteiger partial charge in [0, 0.05) is 16.6 Å². The lowest BCUT2D eigenvalue weighted by Crippen LogP contribution is -2.33. The van der Waals surface area contributed by atoms with Crippen LogP contribution in [0.2, 0.25) is 0 Å². The van der Waals surface area contributed by atoms with Crippen LogP contribution >= 0.6 is 28.1 Å². The van der Waals surface area contributed by atoms with E-state index >= 15 is 0 Å². The van der Waals surface area contributed by atoms with Crippen molar-refractivity contribution in [1.82, 2.24) is 4.72 Å². The molecule has 0 aliphatic heterocycles. The third kappa shape index (κ3) is 5.43. The van der Waals surface area contributed by atoms with Crippen LogP contribution in [0.3, 0.4) is 0 Å². The molecule has 4 N–H and O–H groups in total. The van der Waals surface area contributed by atoms with Crippen LogP contribution in [0.4, 0.5) is 5.69 Å². The van der Waals surface area contributed by atoms with Crippen molar-refractivity contribution in [2.24, 2.45) is 11.7 Å². The molecule has 0 saturated heterocycles. The van der Waals surface area contributed by atoms with Crippen molar-refractivity contribution in [3.05, 3.63) is 28.2 Å². The van der Waals surface area contributed by atoms with Gasteiger partial charge in [-0.2, -0.15) is 13.1 Å². The van der Waals surface area contributed by atoms with Gasteiger partial charge in [0.05, 0.1) is 5.69 Å². The predicted octanol–water partition coefficient (Wildman–Crippen LogP) is 1.99. The van der Waals surface area contributed by atoms with Gasteiger partial charge >= 0.3 is 0 Å². The lowest BCUT2D eigenvalue weighted by atomic mass is 10.2. The second-order valence-corrected chi connectivity index (χ2v) is 7.26. The lowest BCUT2D eigenvalue weighted by molar-refractivity contribution is 0.565. The van der Waals surface area contributed by atoms with E-state index in [1.54, 1.807) is 18.2 Å². The van der Waals surface area contributed by atoms with Crippen LogP contribution in [0.25, 0.3) is 0 Å². The highest BCUT2D eigenvalue weighted by atomic mass is 79.9. The lowest BCUT2D eigenvalue weighted by Gasteiger charge is -2.14. The SMILES string of the molecule is CC(C)CNS(=O)(=O)Nc1cc(Br)ccc1C(N)=S. The van der Waals surface area contributed by atoms with Crippen LogP contribution in [0.1, 0.15) is 19.4 Å². The van der Waals surface area contributed by atoms with Crippen LogP contribution in [0, 0.1) is 5.92 Å². The number of thiocarbonyl (C=S) groups is 1. The number of benzene rings is 1. The van der Waals surface area contributed by atoms with Gasteiger partial charge in [0.25, 0.3) is 10.2 Å². The highest BCUT2D eigenvalue weighted by Gasteiger charge is 2.14.